The number of anilines is 1. The highest BCUT2D eigenvalue weighted by atomic mass is 16.5. The summed E-state index contributed by atoms with van der Waals surface area (Å²) in [6, 6.07) is 12.4. The molecule has 0 bridgehead atoms. The van der Waals surface area contributed by atoms with E-state index in [9.17, 15) is 4.79 Å². The summed E-state index contributed by atoms with van der Waals surface area (Å²) in [5.41, 5.74) is 0.638. The summed E-state index contributed by atoms with van der Waals surface area (Å²) in [5, 5.41) is 2.83. The van der Waals surface area contributed by atoms with Crippen molar-refractivity contribution < 1.29 is 23.7 Å². The fourth-order valence-electron chi connectivity index (χ4n) is 2.40. The predicted octanol–water partition coefficient (Wildman–Crippen LogP) is 3.26. The molecule has 1 atom stereocenters. The minimum absolute atomic E-state index is 0.245. The van der Waals surface area contributed by atoms with Crippen molar-refractivity contribution in [2.24, 2.45) is 0 Å². The van der Waals surface area contributed by atoms with Gasteiger partial charge in [0.15, 0.2) is 17.6 Å². The molecule has 0 spiro atoms. The number of ether oxygens (including phenoxy) is 4. The molecule has 0 radical (unpaired) electrons. The Morgan fingerprint density at radius 2 is 1.72 bits per heavy atom. The molecule has 6 heteroatoms. The average Bonchev–Trinajstić information content (AvgIpc) is 2.87. The summed E-state index contributed by atoms with van der Waals surface area (Å²) in [6.45, 7) is 2.93. The highest BCUT2D eigenvalue weighted by Crippen LogP contribution is 2.32. The molecule has 1 aliphatic rings. The minimum atomic E-state index is -0.649. The molecule has 25 heavy (non-hydrogen) atoms. The summed E-state index contributed by atoms with van der Waals surface area (Å²) in [6.07, 6.45) is 0.188. The van der Waals surface area contributed by atoms with Crippen molar-refractivity contribution in [2.45, 2.75) is 19.4 Å². The van der Waals surface area contributed by atoms with Crippen LogP contribution in [0.4, 0.5) is 5.69 Å². The molecule has 0 fully saturated rings. The highest BCUT2D eigenvalue weighted by Gasteiger charge is 2.17. The van der Waals surface area contributed by atoms with Crippen molar-refractivity contribution in [3.05, 3.63) is 42.5 Å². The molecule has 3 rings (SSSR count). The summed E-state index contributed by atoms with van der Waals surface area (Å²) < 4.78 is 22.0. The van der Waals surface area contributed by atoms with Crippen LogP contribution in [0.15, 0.2) is 42.5 Å². The van der Waals surface area contributed by atoms with Crippen LogP contribution in [0.25, 0.3) is 0 Å². The maximum Gasteiger partial charge on any atom is 0.265 e. The summed E-state index contributed by atoms with van der Waals surface area (Å²) in [4.78, 5) is 12.3. The summed E-state index contributed by atoms with van der Waals surface area (Å²) in [5.74, 6) is 2.42. The van der Waals surface area contributed by atoms with Crippen molar-refractivity contribution >= 4 is 11.6 Å². The first-order valence-corrected chi connectivity index (χ1v) is 8.17. The first-order valence-electron chi connectivity index (χ1n) is 8.17. The zero-order valence-corrected chi connectivity index (χ0v) is 14.3. The van der Waals surface area contributed by atoms with Gasteiger partial charge in [0, 0.05) is 18.2 Å². The summed E-state index contributed by atoms with van der Waals surface area (Å²) in [7, 11) is 1.60. The van der Waals surface area contributed by atoms with Crippen LogP contribution >= 0.6 is 0 Å². The zero-order valence-electron chi connectivity index (χ0n) is 14.3. The van der Waals surface area contributed by atoms with E-state index in [1.165, 1.54) is 0 Å². The molecule has 0 aliphatic carbocycles. The molecule has 0 unspecified atom stereocenters. The van der Waals surface area contributed by atoms with Crippen LogP contribution < -0.4 is 24.3 Å². The molecule has 1 amide bonds. The van der Waals surface area contributed by atoms with E-state index < -0.39 is 6.10 Å². The first-order chi connectivity index (χ1) is 12.2. The second kappa shape index (κ2) is 7.79. The Bertz CT molecular complexity index is 729. The second-order valence-electron chi connectivity index (χ2n) is 5.64. The number of rotatable bonds is 5. The number of carbonyl (C=O) groups is 1. The fraction of sp³-hybridized carbons (Fsp3) is 0.316. The van der Waals surface area contributed by atoms with Crippen LogP contribution in [-0.4, -0.2) is 32.3 Å². The Balaban J connectivity index is 1.61. The Morgan fingerprint density at radius 1 is 1.04 bits per heavy atom. The zero-order chi connectivity index (χ0) is 17.6. The van der Waals surface area contributed by atoms with E-state index in [1.54, 1.807) is 56.5 Å². The van der Waals surface area contributed by atoms with Crippen LogP contribution in [0.1, 0.15) is 13.3 Å². The topological polar surface area (TPSA) is 66.0 Å². The third-order valence-electron chi connectivity index (χ3n) is 3.76. The van der Waals surface area contributed by atoms with Gasteiger partial charge >= 0.3 is 0 Å². The molecule has 2 aromatic carbocycles. The van der Waals surface area contributed by atoms with Gasteiger partial charge in [0.2, 0.25) is 0 Å². The Morgan fingerprint density at radius 3 is 2.44 bits per heavy atom. The van der Waals surface area contributed by atoms with Crippen LogP contribution in [0, 0.1) is 0 Å². The molecule has 2 aromatic rings. The first kappa shape index (κ1) is 17.0. The van der Waals surface area contributed by atoms with Gasteiger partial charge in [-0.25, -0.2) is 0 Å². The molecule has 0 saturated carbocycles. The standard InChI is InChI=1S/C19H21NO5/c1-13(25-16-7-5-15(22-2)6-8-16)19(21)20-14-4-9-17-18(12-14)24-11-3-10-23-17/h4-9,12-13H,3,10-11H2,1-2H3,(H,20,21)/t13-/m0/s1. The smallest absolute Gasteiger partial charge is 0.265 e. The molecule has 1 aliphatic heterocycles. The maximum atomic E-state index is 12.3. The van der Waals surface area contributed by atoms with Crippen LogP contribution in [-0.2, 0) is 4.79 Å². The van der Waals surface area contributed by atoms with Crippen molar-refractivity contribution in [3.8, 4) is 23.0 Å². The number of carbonyl (C=O) groups excluding carboxylic acids is 1. The van der Waals surface area contributed by atoms with Crippen LogP contribution in [0.3, 0.4) is 0 Å². The monoisotopic (exact) mass is 343 g/mol. The molecule has 6 nitrogen and oxygen atoms in total. The van der Waals surface area contributed by atoms with Gasteiger partial charge in [-0.2, -0.15) is 0 Å². The number of nitrogens with one attached hydrogen (secondary N) is 1. The predicted molar refractivity (Wildman–Crippen MR) is 93.8 cm³/mol. The van der Waals surface area contributed by atoms with Gasteiger partial charge in [-0.3, -0.25) is 4.79 Å². The van der Waals surface area contributed by atoms with Crippen molar-refractivity contribution in [1.29, 1.82) is 0 Å². The van der Waals surface area contributed by atoms with E-state index in [0.29, 0.717) is 36.1 Å². The van der Waals surface area contributed by atoms with Crippen LogP contribution in [0.2, 0.25) is 0 Å². The quantitative estimate of drug-likeness (QED) is 0.903. The molecule has 1 N–H and O–H groups in total. The summed E-state index contributed by atoms with van der Waals surface area (Å²) >= 11 is 0. The Hall–Kier alpha value is -2.89. The third kappa shape index (κ3) is 4.35. The number of amides is 1. The molecular formula is C19H21NO5. The number of fused-ring (bicyclic) bond motifs is 1. The van der Waals surface area contributed by atoms with Crippen LogP contribution in [0.5, 0.6) is 23.0 Å². The average molecular weight is 343 g/mol. The van der Waals surface area contributed by atoms with E-state index >= 15 is 0 Å². The van der Waals surface area contributed by atoms with E-state index in [-0.39, 0.29) is 5.91 Å². The van der Waals surface area contributed by atoms with E-state index in [0.717, 1.165) is 12.2 Å². The number of methoxy groups -OCH3 is 1. The lowest BCUT2D eigenvalue weighted by Crippen LogP contribution is -2.30. The molecule has 132 valence electrons. The Kier molecular flexibility index (Phi) is 5.28. The van der Waals surface area contributed by atoms with E-state index in [2.05, 4.69) is 5.32 Å². The minimum Gasteiger partial charge on any atom is -0.497 e. The SMILES string of the molecule is COc1ccc(O[C@@H](C)C(=O)Nc2ccc3c(c2)OCCCO3)cc1. The molecular weight excluding hydrogens is 322 g/mol. The number of hydrogen-bond donors (Lipinski definition) is 1. The van der Waals surface area contributed by atoms with Gasteiger partial charge in [-0.05, 0) is 43.3 Å². The fourth-order valence-corrected chi connectivity index (χ4v) is 2.40. The Labute approximate surface area is 146 Å². The number of hydrogen-bond acceptors (Lipinski definition) is 5. The van der Waals surface area contributed by atoms with Gasteiger partial charge in [-0.15, -0.1) is 0 Å². The van der Waals surface area contributed by atoms with Gasteiger partial charge in [-0.1, -0.05) is 0 Å². The third-order valence-corrected chi connectivity index (χ3v) is 3.76. The van der Waals surface area contributed by atoms with E-state index in [1.807, 2.05) is 0 Å². The molecule has 0 saturated heterocycles. The van der Waals surface area contributed by atoms with Gasteiger partial charge in [0.25, 0.3) is 5.91 Å². The normalized spacial score (nSPS) is 14.2. The van der Waals surface area contributed by atoms with Crippen molar-refractivity contribution in [1.82, 2.24) is 0 Å². The maximum absolute atomic E-state index is 12.3. The van der Waals surface area contributed by atoms with Gasteiger partial charge in [0.05, 0.1) is 20.3 Å². The van der Waals surface area contributed by atoms with Crippen molar-refractivity contribution in [3.63, 3.8) is 0 Å². The van der Waals surface area contributed by atoms with Crippen molar-refractivity contribution in [2.75, 3.05) is 25.6 Å². The lowest BCUT2D eigenvalue weighted by molar-refractivity contribution is -0.122. The largest absolute Gasteiger partial charge is 0.497 e. The lowest BCUT2D eigenvalue weighted by Gasteiger charge is -2.16. The van der Waals surface area contributed by atoms with E-state index in [4.69, 9.17) is 18.9 Å². The lowest BCUT2D eigenvalue weighted by atomic mass is 10.2. The van der Waals surface area contributed by atoms with Gasteiger partial charge < -0.3 is 24.3 Å². The van der Waals surface area contributed by atoms with Gasteiger partial charge in [0.1, 0.15) is 11.5 Å². The molecule has 0 aromatic heterocycles. The second-order valence-corrected chi connectivity index (χ2v) is 5.64. The molecule has 1 heterocycles. The highest BCUT2D eigenvalue weighted by molar-refractivity contribution is 5.94. The number of benzene rings is 2.